The number of hydrogen-bond acceptors (Lipinski definition) is 4. The predicted molar refractivity (Wildman–Crippen MR) is 102 cm³/mol. The zero-order chi connectivity index (χ0) is 18.9. The number of nitrogens with one attached hydrogen (secondary N) is 1. The zero-order valence-electron chi connectivity index (χ0n) is 16.1. The molecule has 1 aromatic carbocycles. The summed E-state index contributed by atoms with van der Waals surface area (Å²) < 4.78 is 5.18. The van der Waals surface area contributed by atoms with Gasteiger partial charge < -0.3 is 19.9 Å². The topological polar surface area (TPSA) is 61.9 Å². The molecule has 1 unspecified atom stereocenters. The molecule has 0 saturated carbocycles. The minimum Gasteiger partial charge on any atom is -0.497 e. The average Bonchev–Trinajstić information content (AvgIpc) is 3.30. The van der Waals surface area contributed by atoms with Gasteiger partial charge in [0.1, 0.15) is 5.75 Å². The second kappa shape index (κ2) is 7.50. The molecule has 0 aromatic heterocycles. The number of amides is 2. The van der Waals surface area contributed by atoms with Gasteiger partial charge in [-0.2, -0.15) is 0 Å². The number of carbonyl (C=O) groups is 2. The predicted octanol–water partition coefficient (Wildman–Crippen LogP) is 1.65. The fraction of sp³-hybridized carbons (Fsp3) is 0.619. The van der Waals surface area contributed by atoms with E-state index in [1.165, 1.54) is 6.42 Å². The summed E-state index contributed by atoms with van der Waals surface area (Å²) in [6, 6.07) is 7.75. The van der Waals surface area contributed by atoms with Gasteiger partial charge in [-0.25, -0.2) is 0 Å². The molecule has 2 amide bonds. The third-order valence-electron chi connectivity index (χ3n) is 6.56. The highest BCUT2D eigenvalue weighted by Crippen LogP contribution is 2.37. The van der Waals surface area contributed by atoms with Crippen LogP contribution in [0.1, 0.15) is 31.2 Å². The second-order valence-corrected chi connectivity index (χ2v) is 8.28. The Bertz CT molecular complexity index is 687. The second-order valence-electron chi connectivity index (χ2n) is 8.28. The van der Waals surface area contributed by atoms with Gasteiger partial charge in [0.15, 0.2) is 0 Å². The molecular weight excluding hydrogens is 342 g/mol. The van der Waals surface area contributed by atoms with Gasteiger partial charge in [0.2, 0.25) is 11.8 Å². The minimum absolute atomic E-state index is 0.0811. The standard InChI is InChI=1S/C21H29N3O3/c1-27-18-4-2-16(3-5-18)13-24-14-17(12-19(24)25)20(26)23-10-7-21(8-11-23)6-9-22-15-21/h2-5,17,22H,6-15H2,1H3. The van der Waals surface area contributed by atoms with Gasteiger partial charge in [-0.3, -0.25) is 9.59 Å². The molecule has 3 saturated heterocycles. The van der Waals surface area contributed by atoms with Crippen LogP contribution in [0.2, 0.25) is 0 Å². The molecule has 146 valence electrons. The lowest BCUT2D eigenvalue weighted by Gasteiger charge is -2.39. The molecule has 3 heterocycles. The smallest absolute Gasteiger partial charge is 0.227 e. The van der Waals surface area contributed by atoms with Crippen molar-refractivity contribution in [1.29, 1.82) is 0 Å². The summed E-state index contributed by atoms with van der Waals surface area (Å²) in [6.07, 6.45) is 3.74. The molecule has 1 atom stereocenters. The molecule has 1 spiro atoms. The van der Waals surface area contributed by atoms with Gasteiger partial charge in [-0.15, -0.1) is 0 Å². The Morgan fingerprint density at radius 1 is 1.22 bits per heavy atom. The molecule has 3 fully saturated rings. The van der Waals surface area contributed by atoms with Crippen molar-refractivity contribution >= 4 is 11.8 Å². The van der Waals surface area contributed by atoms with Crippen LogP contribution >= 0.6 is 0 Å². The van der Waals surface area contributed by atoms with E-state index in [4.69, 9.17) is 4.74 Å². The molecule has 0 aliphatic carbocycles. The number of piperidine rings is 1. The van der Waals surface area contributed by atoms with E-state index in [1.807, 2.05) is 34.1 Å². The van der Waals surface area contributed by atoms with Crippen LogP contribution < -0.4 is 10.1 Å². The van der Waals surface area contributed by atoms with Crippen molar-refractivity contribution in [2.75, 3.05) is 39.8 Å². The Morgan fingerprint density at radius 3 is 2.59 bits per heavy atom. The number of carbonyl (C=O) groups excluding carboxylic acids is 2. The van der Waals surface area contributed by atoms with E-state index in [1.54, 1.807) is 7.11 Å². The summed E-state index contributed by atoms with van der Waals surface area (Å²) in [7, 11) is 1.64. The summed E-state index contributed by atoms with van der Waals surface area (Å²) in [5.74, 6) is 0.866. The Hall–Kier alpha value is -2.08. The summed E-state index contributed by atoms with van der Waals surface area (Å²) >= 11 is 0. The lowest BCUT2D eigenvalue weighted by atomic mass is 9.77. The molecule has 3 aliphatic heterocycles. The number of hydrogen-bond donors (Lipinski definition) is 1. The molecule has 3 aliphatic rings. The summed E-state index contributed by atoms with van der Waals surface area (Å²) in [6.45, 7) is 4.96. The minimum atomic E-state index is -0.188. The van der Waals surface area contributed by atoms with Crippen LogP contribution in [0.4, 0.5) is 0 Å². The van der Waals surface area contributed by atoms with E-state index in [9.17, 15) is 9.59 Å². The maximum Gasteiger partial charge on any atom is 0.227 e. The molecule has 1 N–H and O–H groups in total. The Morgan fingerprint density at radius 2 is 1.96 bits per heavy atom. The van der Waals surface area contributed by atoms with Gasteiger partial charge in [-0.1, -0.05) is 12.1 Å². The third-order valence-corrected chi connectivity index (χ3v) is 6.56. The first-order valence-corrected chi connectivity index (χ1v) is 9.99. The van der Waals surface area contributed by atoms with Crippen molar-refractivity contribution in [3.8, 4) is 5.75 Å². The van der Waals surface area contributed by atoms with Crippen molar-refractivity contribution in [2.45, 2.75) is 32.2 Å². The van der Waals surface area contributed by atoms with Crippen LogP contribution in [0.25, 0.3) is 0 Å². The Balaban J connectivity index is 1.32. The lowest BCUT2D eigenvalue weighted by molar-refractivity contribution is -0.138. The molecular formula is C21H29N3O3. The number of benzene rings is 1. The van der Waals surface area contributed by atoms with Crippen LogP contribution in [0, 0.1) is 11.3 Å². The van der Waals surface area contributed by atoms with E-state index < -0.39 is 0 Å². The molecule has 0 radical (unpaired) electrons. The first-order chi connectivity index (χ1) is 13.1. The molecule has 6 nitrogen and oxygen atoms in total. The normalized spacial score (nSPS) is 24.6. The van der Waals surface area contributed by atoms with Gasteiger partial charge in [0.25, 0.3) is 0 Å². The van der Waals surface area contributed by atoms with E-state index in [0.717, 1.165) is 50.3 Å². The first kappa shape index (κ1) is 18.3. The van der Waals surface area contributed by atoms with Crippen LogP contribution in [0.5, 0.6) is 5.75 Å². The SMILES string of the molecule is COc1ccc(CN2CC(C(=O)N3CCC4(CCNC4)CC3)CC2=O)cc1. The van der Waals surface area contributed by atoms with Crippen LogP contribution in [0.3, 0.4) is 0 Å². The van der Waals surface area contributed by atoms with Crippen molar-refractivity contribution in [3.05, 3.63) is 29.8 Å². The van der Waals surface area contributed by atoms with Crippen molar-refractivity contribution < 1.29 is 14.3 Å². The third kappa shape index (κ3) is 3.81. The highest BCUT2D eigenvalue weighted by molar-refractivity contribution is 5.89. The molecule has 0 bridgehead atoms. The lowest BCUT2D eigenvalue weighted by Crippen LogP contribution is -2.46. The first-order valence-electron chi connectivity index (χ1n) is 9.99. The van der Waals surface area contributed by atoms with Crippen molar-refractivity contribution in [2.24, 2.45) is 11.3 Å². The van der Waals surface area contributed by atoms with Gasteiger partial charge >= 0.3 is 0 Å². The maximum absolute atomic E-state index is 12.9. The highest BCUT2D eigenvalue weighted by atomic mass is 16.5. The summed E-state index contributed by atoms with van der Waals surface area (Å²) in [4.78, 5) is 29.2. The monoisotopic (exact) mass is 371 g/mol. The van der Waals surface area contributed by atoms with Crippen molar-refractivity contribution in [1.82, 2.24) is 15.1 Å². The van der Waals surface area contributed by atoms with Crippen LogP contribution in [-0.2, 0) is 16.1 Å². The van der Waals surface area contributed by atoms with Crippen LogP contribution in [-0.4, -0.2) is 61.4 Å². The fourth-order valence-corrected chi connectivity index (χ4v) is 4.72. The number of ether oxygens (including phenoxy) is 1. The van der Waals surface area contributed by atoms with Gasteiger partial charge in [-0.05, 0) is 48.9 Å². The van der Waals surface area contributed by atoms with Gasteiger partial charge in [0, 0.05) is 39.1 Å². The number of nitrogens with zero attached hydrogens (tertiary/aromatic N) is 2. The molecule has 1 aromatic rings. The fourth-order valence-electron chi connectivity index (χ4n) is 4.72. The van der Waals surface area contributed by atoms with E-state index >= 15 is 0 Å². The largest absolute Gasteiger partial charge is 0.497 e. The van der Waals surface area contributed by atoms with Crippen molar-refractivity contribution in [3.63, 3.8) is 0 Å². The zero-order valence-corrected chi connectivity index (χ0v) is 16.1. The number of likely N-dealkylation sites (tertiary alicyclic amines) is 2. The van der Waals surface area contributed by atoms with Crippen LogP contribution in [0.15, 0.2) is 24.3 Å². The van der Waals surface area contributed by atoms with E-state index in [2.05, 4.69) is 5.32 Å². The van der Waals surface area contributed by atoms with Gasteiger partial charge in [0.05, 0.1) is 13.0 Å². The quantitative estimate of drug-likeness (QED) is 0.874. The Labute approximate surface area is 160 Å². The molecule has 4 rings (SSSR count). The summed E-state index contributed by atoms with van der Waals surface area (Å²) in [5.41, 5.74) is 1.47. The molecule has 6 heteroatoms. The Kier molecular flexibility index (Phi) is 5.08. The average molecular weight is 371 g/mol. The number of rotatable bonds is 4. The highest BCUT2D eigenvalue weighted by Gasteiger charge is 2.41. The summed E-state index contributed by atoms with van der Waals surface area (Å²) in [5, 5.41) is 3.46. The van der Waals surface area contributed by atoms with E-state index in [-0.39, 0.29) is 17.7 Å². The van der Waals surface area contributed by atoms with E-state index in [0.29, 0.717) is 24.9 Å². The number of methoxy groups -OCH3 is 1. The molecule has 27 heavy (non-hydrogen) atoms. The maximum atomic E-state index is 12.9.